The molecule has 80 valence electrons. The van der Waals surface area contributed by atoms with E-state index >= 15 is 0 Å². The fourth-order valence-corrected chi connectivity index (χ4v) is 1.97. The van der Waals surface area contributed by atoms with Crippen LogP contribution in [0.2, 0.25) is 0 Å². The summed E-state index contributed by atoms with van der Waals surface area (Å²) in [4.78, 5) is 1.17. The Morgan fingerprint density at radius 2 is 2.40 bits per heavy atom. The first-order valence-corrected chi connectivity index (χ1v) is 5.50. The minimum Gasteiger partial charge on any atom is -0.471 e. The average molecular weight is 223 g/mol. The summed E-state index contributed by atoms with van der Waals surface area (Å²) in [6.07, 6.45) is 0. The summed E-state index contributed by atoms with van der Waals surface area (Å²) in [5, 5.41) is 6.20. The van der Waals surface area contributed by atoms with Crippen LogP contribution in [0.1, 0.15) is 10.6 Å². The summed E-state index contributed by atoms with van der Waals surface area (Å²) in [5.74, 6) is 0.640. The third-order valence-electron chi connectivity index (χ3n) is 2.15. The molecular formula is C10H13N3OS. The standard InChI is InChI=1S/C10H13N3OS/c1-7-9(11)10(13(2)12-7)14-6-8-4-3-5-15-8/h3-5H,6,11H2,1-2H3. The van der Waals surface area contributed by atoms with Gasteiger partial charge < -0.3 is 10.5 Å². The fourth-order valence-electron chi connectivity index (χ4n) is 1.36. The van der Waals surface area contributed by atoms with Crippen molar-refractivity contribution >= 4 is 17.0 Å². The van der Waals surface area contributed by atoms with E-state index in [9.17, 15) is 0 Å². The number of hydrogen-bond acceptors (Lipinski definition) is 4. The highest BCUT2D eigenvalue weighted by molar-refractivity contribution is 7.09. The van der Waals surface area contributed by atoms with E-state index in [1.54, 1.807) is 16.0 Å². The van der Waals surface area contributed by atoms with Crippen LogP contribution in [0.15, 0.2) is 17.5 Å². The average Bonchev–Trinajstić information content (AvgIpc) is 2.76. The van der Waals surface area contributed by atoms with Gasteiger partial charge in [-0.2, -0.15) is 5.10 Å². The highest BCUT2D eigenvalue weighted by atomic mass is 32.1. The summed E-state index contributed by atoms with van der Waals surface area (Å²) in [7, 11) is 1.83. The van der Waals surface area contributed by atoms with Crippen LogP contribution in [0.3, 0.4) is 0 Å². The predicted molar refractivity (Wildman–Crippen MR) is 61.0 cm³/mol. The number of ether oxygens (including phenoxy) is 1. The van der Waals surface area contributed by atoms with Gasteiger partial charge in [-0.1, -0.05) is 6.07 Å². The molecular weight excluding hydrogens is 210 g/mol. The zero-order valence-corrected chi connectivity index (χ0v) is 9.54. The Balaban J connectivity index is 2.11. The number of nitrogen functional groups attached to an aromatic ring is 1. The van der Waals surface area contributed by atoms with E-state index in [2.05, 4.69) is 5.10 Å². The molecule has 4 nitrogen and oxygen atoms in total. The zero-order chi connectivity index (χ0) is 10.8. The number of hydrogen-bond donors (Lipinski definition) is 1. The number of nitrogens with two attached hydrogens (primary N) is 1. The molecule has 0 aliphatic rings. The van der Waals surface area contributed by atoms with Gasteiger partial charge in [-0.05, 0) is 18.4 Å². The van der Waals surface area contributed by atoms with Gasteiger partial charge in [-0.15, -0.1) is 11.3 Å². The molecule has 2 aromatic heterocycles. The second kappa shape index (κ2) is 3.94. The maximum Gasteiger partial charge on any atom is 0.236 e. The number of rotatable bonds is 3. The molecule has 2 heterocycles. The molecule has 0 atom stereocenters. The van der Waals surface area contributed by atoms with Crippen molar-refractivity contribution in [3.8, 4) is 5.88 Å². The van der Waals surface area contributed by atoms with Crippen molar-refractivity contribution in [3.63, 3.8) is 0 Å². The monoisotopic (exact) mass is 223 g/mol. The largest absolute Gasteiger partial charge is 0.471 e. The Morgan fingerprint density at radius 3 is 2.93 bits per heavy atom. The van der Waals surface area contributed by atoms with Gasteiger partial charge in [-0.25, -0.2) is 4.68 Å². The number of anilines is 1. The lowest BCUT2D eigenvalue weighted by atomic mass is 10.4. The van der Waals surface area contributed by atoms with Gasteiger partial charge >= 0.3 is 0 Å². The first-order valence-electron chi connectivity index (χ1n) is 4.62. The molecule has 0 saturated carbocycles. The molecule has 2 aromatic rings. The van der Waals surface area contributed by atoms with Gasteiger partial charge in [-0.3, -0.25) is 0 Å². The molecule has 0 aliphatic carbocycles. The van der Waals surface area contributed by atoms with Crippen molar-refractivity contribution in [2.75, 3.05) is 5.73 Å². The van der Waals surface area contributed by atoms with Gasteiger partial charge in [0.05, 0.1) is 5.69 Å². The highest BCUT2D eigenvalue weighted by Crippen LogP contribution is 2.24. The molecule has 0 spiro atoms. The van der Waals surface area contributed by atoms with E-state index in [-0.39, 0.29) is 0 Å². The number of thiophene rings is 1. The lowest BCUT2D eigenvalue weighted by molar-refractivity contribution is 0.283. The molecule has 0 radical (unpaired) electrons. The van der Waals surface area contributed by atoms with Gasteiger partial charge in [0.15, 0.2) is 0 Å². The van der Waals surface area contributed by atoms with E-state index < -0.39 is 0 Å². The number of nitrogens with zero attached hydrogens (tertiary/aromatic N) is 2. The molecule has 0 aromatic carbocycles. The fraction of sp³-hybridized carbons (Fsp3) is 0.300. The second-order valence-corrected chi connectivity index (χ2v) is 4.33. The third kappa shape index (κ3) is 1.97. The summed E-state index contributed by atoms with van der Waals surface area (Å²) >= 11 is 1.67. The highest BCUT2D eigenvalue weighted by Gasteiger charge is 2.11. The van der Waals surface area contributed by atoms with Crippen LogP contribution < -0.4 is 10.5 Å². The minimum absolute atomic E-state index is 0.542. The van der Waals surface area contributed by atoms with Gasteiger partial charge in [0, 0.05) is 11.9 Å². The predicted octanol–water partition coefficient (Wildman–Crippen LogP) is 1.95. The van der Waals surface area contributed by atoms with Gasteiger partial charge in [0.2, 0.25) is 5.88 Å². The Bertz CT molecular complexity index is 447. The second-order valence-electron chi connectivity index (χ2n) is 3.30. The topological polar surface area (TPSA) is 53.1 Å². The smallest absolute Gasteiger partial charge is 0.236 e. The molecule has 0 aliphatic heterocycles. The van der Waals surface area contributed by atoms with Crippen LogP contribution in [0.4, 0.5) is 5.69 Å². The van der Waals surface area contributed by atoms with Crippen molar-refractivity contribution in [1.82, 2.24) is 9.78 Å². The van der Waals surface area contributed by atoms with Crippen LogP contribution in [-0.2, 0) is 13.7 Å². The Labute approximate surface area is 92.3 Å². The summed E-state index contributed by atoms with van der Waals surface area (Å²) in [6, 6.07) is 4.03. The maximum absolute atomic E-state index is 5.84. The van der Waals surface area contributed by atoms with Crippen LogP contribution in [0.5, 0.6) is 5.88 Å². The van der Waals surface area contributed by atoms with Crippen LogP contribution >= 0.6 is 11.3 Å². The van der Waals surface area contributed by atoms with E-state index in [4.69, 9.17) is 10.5 Å². The molecule has 0 bridgehead atoms. The Morgan fingerprint density at radius 1 is 1.60 bits per heavy atom. The summed E-state index contributed by atoms with van der Waals surface area (Å²) in [6.45, 7) is 2.41. The maximum atomic E-state index is 5.84. The van der Waals surface area contributed by atoms with E-state index in [0.29, 0.717) is 18.2 Å². The molecule has 15 heavy (non-hydrogen) atoms. The first kappa shape index (κ1) is 10.0. The molecule has 0 amide bonds. The SMILES string of the molecule is Cc1nn(C)c(OCc2cccs2)c1N. The minimum atomic E-state index is 0.542. The van der Waals surface area contributed by atoms with Crippen molar-refractivity contribution in [3.05, 3.63) is 28.1 Å². The van der Waals surface area contributed by atoms with E-state index in [1.165, 1.54) is 4.88 Å². The lowest BCUT2D eigenvalue weighted by Gasteiger charge is -2.05. The van der Waals surface area contributed by atoms with Gasteiger partial charge in [0.25, 0.3) is 0 Å². The molecule has 0 saturated heterocycles. The molecule has 5 heteroatoms. The summed E-state index contributed by atoms with van der Waals surface area (Å²) < 4.78 is 7.28. The van der Waals surface area contributed by atoms with Crippen LogP contribution in [-0.4, -0.2) is 9.78 Å². The van der Waals surface area contributed by atoms with Gasteiger partial charge in [0.1, 0.15) is 12.3 Å². The quantitative estimate of drug-likeness (QED) is 0.865. The summed E-state index contributed by atoms with van der Waals surface area (Å²) in [5.41, 5.74) is 7.26. The van der Waals surface area contributed by atoms with Crippen molar-refractivity contribution in [1.29, 1.82) is 0 Å². The third-order valence-corrected chi connectivity index (χ3v) is 3.00. The first-order chi connectivity index (χ1) is 7.18. The normalized spacial score (nSPS) is 10.5. The Hall–Kier alpha value is -1.49. The van der Waals surface area contributed by atoms with Crippen molar-refractivity contribution < 1.29 is 4.74 Å². The number of aryl methyl sites for hydroxylation is 2. The van der Waals surface area contributed by atoms with Crippen molar-refractivity contribution in [2.24, 2.45) is 7.05 Å². The molecule has 2 N–H and O–H groups in total. The number of aromatic nitrogens is 2. The molecule has 0 unspecified atom stereocenters. The van der Waals surface area contributed by atoms with Crippen molar-refractivity contribution in [2.45, 2.75) is 13.5 Å². The Kier molecular flexibility index (Phi) is 2.64. The molecule has 0 fully saturated rings. The lowest BCUT2D eigenvalue weighted by Crippen LogP contribution is -2.01. The zero-order valence-electron chi connectivity index (χ0n) is 8.73. The van der Waals surface area contributed by atoms with Crippen LogP contribution in [0.25, 0.3) is 0 Å². The van der Waals surface area contributed by atoms with Crippen LogP contribution in [0, 0.1) is 6.92 Å². The molecule has 2 rings (SSSR count). The van der Waals surface area contributed by atoms with E-state index in [0.717, 1.165) is 5.69 Å². The van der Waals surface area contributed by atoms with E-state index in [1.807, 2.05) is 31.5 Å².